The Labute approximate surface area is 176 Å². The van der Waals surface area contributed by atoms with Gasteiger partial charge in [-0.2, -0.15) is 0 Å². The molecule has 0 N–H and O–H groups in total. The van der Waals surface area contributed by atoms with Crippen LogP contribution in [-0.2, 0) is 19.3 Å². The standard InChI is InChI=1S/C25H20F6/c1-2-3-13-4-7-16(20(27)10-13)14-5-8-17-18(11-14)24(30)25(31)22(23(17)29)15-6-9-19(26)21(28)12-15/h4,6-7,9-10,12,14H,2-3,5,8,11H2,1H3. The fourth-order valence-electron chi connectivity index (χ4n) is 4.41. The molecule has 0 bridgehead atoms. The smallest absolute Gasteiger partial charge is 0.169 e. The van der Waals surface area contributed by atoms with Gasteiger partial charge in [0.1, 0.15) is 11.6 Å². The van der Waals surface area contributed by atoms with Crippen molar-refractivity contribution in [3.05, 3.63) is 93.6 Å². The van der Waals surface area contributed by atoms with Crippen molar-refractivity contribution in [1.82, 2.24) is 0 Å². The zero-order valence-corrected chi connectivity index (χ0v) is 16.8. The third-order valence-corrected chi connectivity index (χ3v) is 5.97. The molecule has 1 atom stereocenters. The molecular formula is C25H20F6. The Morgan fingerprint density at radius 3 is 2.23 bits per heavy atom. The van der Waals surface area contributed by atoms with Gasteiger partial charge < -0.3 is 0 Å². The van der Waals surface area contributed by atoms with Crippen molar-refractivity contribution in [2.24, 2.45) is 0 Å². The zero-order chi connectivity index (χ0) is 22.3. The highest BCUT2D eigenvalue weighted by Crippen LogP contribution is 2.41. The van der Waals surface area contributed by atoms with E-state index in [0.29, 0.717) is 18.1 Å². The SMILES string of the molecule is CCCc1ccc(C2CCc3c(F)c(-c4ccc(F)c(F)c4)c(F)c(F)c3C2)c(F)c1. The van der Waals surface area contributed by atoms with Crippen molar-refractivity contribution in [3.63, 3.8) is 0 Å². The van der Waals surface area contributed by atoms with E-state index >= 15 is 4.39 Å². The molecular weight excluding hydrogens is 414 g/mol. The lowest BCUT2D eigenvalue weighted by molar-refractivity contribution is 0.452. The van der Waals surface area contributed by atoms with Gasteiger partial charge in [-0.15, -0.1) is 0 Å². The number of fused-ring (bicyclic) bond motifs is 1. The van der Waals surface area contributed by atoms with Crippen molar-refractivity contribution < 1.29 is 26.3 Å². The van der Waals surface area contributed by atoms with Gasteiger partial charge in [-0.25, -0.2) is 26.3 Å². The molecule has 0 nitrogen and oxygen atoms in total. The minimum Gasteiger partial charge on any atom is -0.207 e. The number of halogens is 6. The van der Waals surface area contributed by atoms with Gasteiger partial charge in [0, 0.05) is 0 Å². The summed E-state index contributed by atoms with van der Waals surface area (Å²) in [6.45, 7) is 1.99. The second-order valence-electron chi connectivity index (χ2n) is 7.95. The summed E-state index contributed by atoms with van der Waals surface area (Å²) in [7, 11) is 0. The molecule has 0 amide bonds. The molecule has 0 aliphatic heterocycles. The van der Waals surface area contributed by atoms with Crippen molar-refractivity contribution in [1.29, 1.82) is 0 Å². The Bertz CT molecular complexity index is 1150. The Morgan fingerprint density at radius 2 is 1.55 bits per heavy atom. The Balaban J connectivity index is 1.73. The van der Waals surface area contributed by atoms with Gasteiger partial charge in [0.05, 0.1) is 5.56 Å². The van der Waals surface area contributed by atoms with E-state index in [0.717, 1.165) is 30.5 Å². The van der Waals surface area contributed by atoms with Crippen molar-refractivity contribution >= 4 is 0 Å². The van der Waals surface area contributed by atoms with E-state index in [1.807, 2.05) is 13.0 Å². The highest BCUT2D eigenvalue weighted by atomic mass is 19.2. The van der Waals surface area contributed by atoms with Gasteiger partial charge in [0.15, 0.2) is 23.3 Å². The van der Waals surface area contributed by atoms with E-state index in [-0.39, 0.29) is 29.5 Å². The first-order valence-electron chi connectivity index (χ1n) is 10.2. The van der Waals surface area contributed by atoms with Crippen LogP contribution in [0.15, 0.2) is 36.4 Å². The van der Waals surface area contributed by atoms with Gasteiger partial charge in [0.2, 0.25) is 0 Å². The van der Waals surface area contributed by atoms with Gasteiger partial charge in [-0.1, -0.05) is 31.5 Å². The molecule has 3 aromatic carbocycles. The van der Waals surface area contributed by atoms with Crippen molar-refractivity contribution in [2.75, 3.05) is 0 Å². The van der Waals surface area contributed by atoms with E-state index < -0.39 is 46.4 Å². The molecule has 0 fully saturated rings. The van der Waals surface area contributed by atoms with Gasteiger partial charge in [-0.05, 0) is 77.6 Å². The molecule has 1 unspecified atom stereocenters. The lowest BCUT2D eigenvalue weighted by atomic mass is 9.78. The van der Waals surface area contributed by atoms with Gasteiger partial charge in [-0.3, -0.25) is 0 Å². The number of hydrogen-bond donors (Lipinski definition) is 0. The molecule has 0 heterocycles. The minimum absolute atomic E-state index is 0.00195. The van der Waals surface area contributed by atoms with E-state index in [1.54, 1.807) is 6.07 Å². The van der Waals surface area contributed by atoms with E-state index in [2.05, 4.69) is 0 Å². The van der Waals surface area contributed by atoms with E-state index in [1.165, 1.54) is 6.07 Å². The van der Waals surface area contributed by atoms with Gasteiger partial charge >= 0.3 is 0 Å². The maximum Gasteiger partial charge on any atom is 0.169 e. The van der Waals surface area contributed by atoms with Gasteiger partial charge in [0.25, 0.3) is 0 Å². The third-order valence-electron chi connectivity index (χ3n) is 5.97. The molecule has 31 heavy (non-hydrogen) atoms. The van der Waals surface area contributed by atoms with Crippen LogP contribution in [0.4, 0.5) is 26.3 Å². The third kappa shape index (κ3) is 3.84. The maximum atomic E-state index is 15.2. The van der Waals surface area contributed by atoms with E-state index in [9.17, 15) is 22.0 Å². The van der Waals surface area contributed by atoms with Crippen LogP contribution < -0.4 is 0 Å². The summed E-state index contributed by atoms with van der Waals surface area (Å²) < 4.78 is 86.3. The summed E-state index contributed by atoms with van der Waals surface area (Å²) in [6.07, 6.45) is 2.01. The van der Waals surface area contributed by atoms with Crippen LogP contribution in [0.3, 0.4) is 0 Å². The highest BCUT2D eigenvalue weighted by molar-refractivity contribution is 5.67. The molecule has 0 spiro atoms. The molecule has 4 rings (SSSR count). The van der Waals surface area contributed by atoms with Crippen LogP contribution in [0, 0.1) is 34.9 Å². The quantitative estimate of drug-likeness (QED) is 0.296. The Morgan fingerprint density at radius 1 is 0.774 bits per heavy atom. The van der Waals surface area contributed by atoms with Crippen LogP contribution in [0.2, 0.25) is 0 Å². The van der Waals surface area contributed by atoms with E-state index in [4.69, 9.17) is 0 Å². The Kier molecular flexibility index (Phi) is 5.82. The lowest BCUT2D eigenvalue weighted by Crippen LogP contribution is -2.19. The first kappa shape index (κ1) is 21.5. The first-order valence-corrected chi connectivity index (χ1v) is 10.2. The van der Waals surface area contributed by atoms with Crippen LogP contribution in [-0.4, -0.2) is 0 Å². The molecule has 162 valence electrons. The maximum absolute atomic E-state index is 15.2. The molecule has 0 aromatic heterocycles. The molecule has 1 aliphatic carbocycles. The summed E-state index contributed by atoms with van der Waals surface area (Å²) in [5.74, 6) is -6.94. The summed E-state index contributed by atoms with van der Waals surface area (Å²) in [6, 6.07) is 7.32. The van der Waals surface area contributed by atoms with Crippen molar-refractivity contribution in [3.8, 4) is 11.1 Å². The zero-order valence-electron chi connectivity index (χ0n) is 16.8. The monoisotopic (exact) mass is 434 g/mol. The largest absolute Gasteiger partial charge is 0.207 e. The first-order chi connectivity index (χ1) is 14.8. The molecule has 3 aromatic rings. The molecule has 6 heteroatoms. The van der Waals surface area contributed by atoms with Crippen LogP contribution in [0.5, 0.6) is 0 Å². The number of rotatable bonds is 4. The van der Waals surface area contributed by atoms with Crippen LogP contribution >= 0.6 is 0 Å². The minimum atomic E-state index is -1.46. The van der Waals surface area contributed by atoms with Crippen LogP contribution in [0.1, 0.15) is 47.9 Å². The number of benzene rings is 3. The Hall–Kier alpha value is -2.76. The fourth-order valence-corrected chi connectivity index (χ4v) is 4.41. The molecule has 0 saturated carbocycles. The predicted octanol–water partition coefficient (Wildman–Crippen LogP) is 7.41. The second-order valence-corrected chi connectivity index (χ2v) is 7.95. The molecule has 0 saturated heterocycles. The van der Waals surface area contributed by atoms with Crippen LogP contribution in [0.25, 0.3) is 11.1 Å². The molecule has 0 radical (unpaired) electrons. The highest BCUT2D eigenvalue weighted by Gasteiger charge is 2.32. The second kappa shape index (κ2) is 8.40. The summed E-state index contributed by atoms with van der Waals surface area (Å²) in [5, 5.41) is 0. The molecule has 1 aliphatic rings. The fraction of sp³-hybridized carbons (Fsp3) is 0.280. The van der Waals surface area contributed by atoms with Crippen molar-refractivity contribution in [2.45, 2.75) is 44.9 Å². The summed E-state index contributed by atoms with van der Waals surface area (Å²) in [4.78, 5) is 0. The summed E-state index contributed by atoms with van der Waals surface area (Å²) in [5.41, 5.74) is 0.126. The number of hydrogen-bond acceptors (Lipinski definition) is 0. The average Bonchev–Trinajstić information content (AvgIpc) is 2.75. The predicted molar refractivity (Wildman–Crippen MR) is 107 cm³/mol. The topological polar surface area (TPSA) is 0 Å². The number of aryl methyl sites for hydroxylation is 1. The lowest BCUT2D eigenvalue weighted by Gasteiger charge is -2.27. The normalized spacial score (nSPS) is 15.8. The average molecular weight is 434 g/mol. The summed E-state index contributed by atoms with van der Waals surface area (Å²) >= 11 is 0.